The number of carbonyl (C=O) groups excluding carboxylic acids is 1. The Morgan fingerprint density at radius 1 is 1.38 bits per heavy atom. The molecule has 5 heteroatoms. The summed E-state index contributed by atoms with van der Waals surface area (Å²) in [5.41, 5.74) is 0.808. The highest BCUT2D eigenvalue weighted by Gasteiger charge is 2.27. The molecule has 1 fully saturated rings. The largest absolute Gasteiger partial charge is 0.497 e. The Hall–Kier alpha value is -1.20. The van der Waals surface area contributed by atoms with Crippen molar-refractivity contribution in [2.45, 2.75) is 30.6 Å². The van der Waals surface area contributed by atoms with Gasteiger partial charge < -0.3 is 10.1 Å². The van der Waals surface area contributed by atoms with E-state index in [1.807, 2.05) is 43.1 Å². The number of nitrogens with one attached hydrogen (secondary N) is 1. The molecule has 1 aromatic carbocycles. The van der Waals surface area contributed by atoms with Gasteiger partial charge in [-0.05, 0) is 56.8 Å². The summed E-state index contributed by atoms with van der Waals surface area (Å²) < 4.78 is 5.10. The van der Waals surface area contributed by atoms with Crippen LogP contribution in [0.2, 0.25) is 0 Å². The SMILES string of the molecule is COc1ccc(NC(=O)CN(C)[C@@H]2CC[C@H](SC)C2)cc1. The van der Waals surface area contributed by atoms with Crippen molar-refractivity contribution in [3.63, 3.8) is 0 Å². The van der Waals surface area contributed by atoms with Gasteiger partial charge in [0.15, 0.2) is 0 Å². The Morgan fingerprint density at radius 3 is 2.67 bits per heavy atom. The number of thioether (sulfide) groups is 1. The fourth-order valence-electron chi connectivity index (χ4n) is 2.76. The number of nitrogens with zero attached hydrogens (tertiary/aromatic N) is 1. The summed E-state index contributed by atoms with van der Waals surface area (Å²) in [6.07, 6.45) is 5.81. The number of likely N-dealkylation sites (N-methyl/N-ethyl adjacent to an activating group) is 1. The number of anilines is 1. The lowest BCUT2D eigenvalue weighted by Crippen LogP contribution is -2.36. The Bertz CT molecular complexity index is 464. The van der Waals surface area contributed by atoms with E-state index in [-0.39, 0.29) is 5.91 Å². The second kappa shape index (κ2) is 7.71. The van der Waals surface area contributed by atoms with E-state index in [0.717, 1.165) is 16.7 Å². The van der Waals surface area contributed by atoms with E-state index >= 15 is 0 Å². The molecule has 0 radical (unpaired) electrons. The standard InChI is InChI=1S/C16H24N2O2S/c1-18(13-6-9-15(10-13)21-3)11-16(19)17-12-4-7-14(20-2)8-5-12/h4-5,7-8,13,15H,6,9-11H2,1-3H3,(H,17,19)/t13-,15+/m1/s1. The van der Waals surface area contributed by atoms with Gasteiger partial charge in [-0.1, -0.05) is 0 Å². The maximum atomic E-state index is 12.1. The average Bonchev–Trinajstić information content (AvgIpc) is 2.97. The molecule has 1 aliphatic rings. The molecule has 1 saturated carbocycles. The van der Waals surface area contributed by atoms with Crippen LogP contribution in [-0.4, -0.2) is 49.1 Å². The summed E-state index contributed by atoms with van der Waals surface area (Å²) in [5, 5.41) is 3.68. The molecule has 1 aromatic rings. The van der Waals surface area contributed by atoms with Crippen molar-refractivity contribution in [1.29, 1.82) is 0 Å². The lowest BCUT2D eigenvalue weighted by Gasteiger charge is -2.23. The normalized spacial score (nSPS) is 21.5. The predicted molar refractivity (Wildman–Crippen MR) is 89.2 cm³/mol. The number of benzene rings is 1. The second-order valence-corrected chi connectivity index (χ2v) is 6.65. The first-order valence-corrected chi connectivity index (χ1v) is 8.58. The predicted octanol–water partition coefficient (Wildman–Crippen LogP) is 2.85. The van der Waals surface area contributed by atoms with Crippen molar-refractivity contribution in [1.82, 2.24) is 4.90 Å². The molecule has 116 valence electrons. The fourth-order valence-corrected chi connectivity index (χ4v) is 3.55. The van der Waals surface area contributed by atoms with Gasteiger partial charge in [-0.25, -0.2) is 0 Å². The Labute approximate surface area is 131 Å². The molecule has 0 spiro atoms. The van der Waals surface area contributed by atoms with E-state index in [9.17, 15) is 4.79 Å². The van der Waals surface area contributed by atoms with Crippen molar-refractivity contribution in [2.75, 3.05) is 32.3 Å². The highest BCUT2D eigenvalue weighted by Crippen LogP contribution is 2.30. The molecule has 0 aliphatic heterocycles. The number of rotatable bonds is 6. The van der Waals surface area contributed by atoms with Crippen LogP contribution in [0.15, 0.2) is 24.3 Å². The molecular weight excluding hydrogens is 284 g/mol. The van der Waals surface area contributed by atoms with E-state index in [1.165, 1.54) is 19.3 Å². The van der Waals surface area contributed by atoms with Crippen molar-refractivity contribution in [3.8, 4) is 5.75 Å². The maximum Gasteiger partial charge on any atom is 0.238 e. The number of carbonyl (C=O) groups is 1. The van der Waals surface area contributed by atoms with E-state index in [1.54, 1.807) is 7.11 Å². The molecule has 0 bridgehead atoms. The zero-order chi connectivity index (χ0) is 15.2. The molecule has 1 amide bonds. The molecule has 0 heterocycles. The smallest absolute Gasteiger partial charge is 0.238 e. The molecule has 2 atom stereocenters. The zero-order valence-corrected chi connectivity index (χ0v) is 13.8. The fraction of sp³-hybridized carbons (Fsp3) is 0.562. The van der Waals surface area contributed by atoms with Gasteiger partial charge in [-0.2, -0.15) is 11.8 Å². The average molecular weight is 308 g/mol. The number of hydrogen-bond donors (Lipinski definition) is 1. The monoisotopic (exact) mass is 308 g/mol. The van der Waals surface area contributed by atoms with Crippen LogP contribution in [0.5, 0.6) is 5.75 Å². The summed E-state index contributed by atoms with van der Waals surface area (Å²) in [5.74, 6) is 0.828. The van der Waals surface area contributed by atoms with Crippen LogP contribution < -0.4 is 10.1 Å². The lowest BCUT2D eigenvalue weighted by atomic mass is 10.2. The summed E-state index contributed by atoms with van der Waals surface area (Å²) >= 11 is 1.94. The maximum absolute atomic E-state index is 12.1. The van der Waals surface area contributed by atoms with Crippen LogP contribution in [-0.2, 0) is 4.79 Å². The van der Waals surface area contributed by atoms with Gasteiger partial charge in [0.2, 0.25) is 5.91 Å². The van der Waals surface area contributed by atoms with Crippen molar-refractivity contribution in [2.24, 2.45) is 0 Å². The molecule has 2 rings (SSSR count). The van der Waals surface area contributed by atoms with Crippen molar-refractivity contribution >= 4 is 23.4 Å². The molecule has 21 heavy (non-hydrogen) atoms. The van der Waals surface area contributed by atoms with Crippen LogP contribution in [0.1, 0.15) is 19.3 Å². The number of hydrogen-bond acceptors (Lipinski definition) is 4. The molecule has 0 saturated heterocycles. The Kier molecular flexibility index (Phi) is 5.94. The topological polar surface area (TPSA) is 41.6 Å². The molecule has 0 unspecified atom stereocenters. The summed E-state index contributed by atoms with van der Waals surface area (Å²) in [4.78, 5) is 14.3. The molecule has 4 nitrogen and oxygen atoms in total. The van der Waals surface area contributed by atoms with Gasteiger partial charge in [-0.15, -0.1) is 0 Å². The molecule has 1 N–H and O–H groups in total. The summed E-state index contributed by atoms with van der Waals surface area (Å²) in [6, 6.07) is 7.94. The first-order chi connectivity index (χ1) is 10.1. The number of amides is 1. The van der Waals surface area contributed by atoms with Crippen LogP contribution in [0.4, 0.5) is 5.69 Å². The molecule has 0 aromatic heterocycles. The van der Waals surface area contributed by atoms with Crippen LogP contribution >= 0.6 is 11.8 Å². The van der Waals surface area contributed by atoms with Crippen LogP contribution in [0, 0.1) is 0 Å². The summed E-state index contributed by atoms with van der Waals surface area (Å²) in [7, 11) is 3.67. The highest BCUT2D eigenvalue weighted by molar-refractivity contribution is 7.99. The first-order valence-electron chi connectivity index (χ1n) is 7.29. The quantitative estimate of drug-likeness (QED) is 0.877. The third kappa shape index (κ3) is 4.64. The van der Waals surface area contributed by atoms with E-state index < -0.39 is 0 Å². The van der Waals surface area contributed by atoms with Gasteiger partial charge in [0.25, 0.3) is 0 Å². The van der Waals surface area contributed by atoms with Gasteiger partial charge in [-0.3, -0.25) is 9.69 Å². The minimum Gasteiger partial charge on any atom is -0.497 e. The van der Waals surface area contributed by atoms with Crippen LogP contribution in [0.3, 0.4) is 0 Å². The highest BCUT2D eigenvalue weighted by atomic mass is 32.2. The minimum atomic E-state index is 0.0373. The van der Waals surface area contributed by atoms with Crippen molar-refractivity contribution < 1.29 is 9.53 Å². The molecule has 1 aliphatic carbocycles. The Balaban J connectivity index is 1.80. The van der Waals surface area contributed by atoms with Gasteiger partial charge in [0.1, 0.15) is 5.75 Å². The van der Waals surface area contributed by atoms with E-state index in [0.29, 0.717) is 12.6 Å². The van der Waals surface area contributed by atoms with E-state index in [4.69, 9.17) is 4.74 Å². The zero-order valence-electron chi connectivity index (χ0n) is 13.0. The number of ether oxygens (including phenoxy) is 1. The second-order valence-electron chi connectivity index (χ2n) is 5.52. The van der Waals surface area contributed by atoms with Crippen molar-refractivity contribution in [3.05, 3.63) is 24.3 Å². The van der Waals surface area contributed by atoms with Crippen LogP contribution in [0.25, 0.3) is 0 Å². The first kappa shape index (κ1) is 16.2. The van der Waals surface area contributed by atoms with E-state index in [2.05, 4.69) is 16.5 Å². The summed E-state index contributed by atoms with van der Waals surface area (Å²) in [6.45, 7) is 0.442. The third-order valence-corrected chi connectivity index (χ3v) is 5.18. The minimum absolute atomic E-state index is 0.0373. The third-order valence-electron chi connectivity index (χ3n) is 4.08. The Morgan fingerprint density at radius 2 is 2.10 bits per heavy atom. The lowest BCUT2D eigenvalue weighted by molar-refractivity contribution is -0.117. The van der Waals surface area contributed by atoms with Gasteiger partial charge in [0.05, 0.1) is 13.7 Å². The number of methoxy groups -OCH3 is 1. The van der Waals surface area contributed by atoms with Gasteiger partial charge >= 0.3 is 0 Å². The molecular formula is C16H24N2O2S. The van der Waals surface area contributed by atoms with Gasteiger partial charge in [0, 0.05) is 17.0 Å².